The number of amides is 1. The second-order valence-corrected chi connectivity index (χ2v) is 7.12. The lowest BCUT2D eigenvalue weighted by atomic mass is 10.1. The highest BCUT2D eigenvalue weighted by atomic mass is 16.7. The highest BCUT2D eigenvalue weighted by Crippen LogP contribution is 2.28. The minimum atomic E-state index is -0.643. The number of nitrogen functional groups attached to an aromatic ring is 1. The van der Waals surface area contributed by atoms with Gasteiger partial charge in [-0.05, 0) is 12.1 Å². The average molecular weight is 435 g/mol. The third-order valence-electron chi connectivity index (χ3n) is 4.85. The summed E-state index contributed by atoms with van der Waals surface area (Å²) in [5, 5.41) is 9.17. The molecule has 0 saturated carbocycles. The number of aryl methyl sites for hydroxylation is 1. The number of rotatable bonds is 7. The Morgan fingerprint density at radius 1 is 1.44 bits per heavy atom. The normalized spacial score (nSPS) is 15.3. The Morgan fingerprint density at radius 3 is 3.03 bits per heavy atom. The fraction of sp³-hybridized carbons (Fsp3) is 0.286. The van der Waals surface area contributed by atoms with Crippen LogP contribution in [0.5, 0.6) is 5.88 Å². The molecule has 1 aliphatic rings. The highest BCUT2D eigenvalue weighted by Gasteiger charge is 2.26. The van der Waals surface area contributed by atoms with Gasteiger partial charge in [0, 0.05) is 19.0 Å². The van der Waals surface area contributed by atoms with Crippen molar-refractivity contribution in [3.63, 3.8) is 0 Å². The van der Waals surface area contributed by atoms with Gasteiger partial charge in [-0.2, -0.15) is 10.2 Å². The van der Waals surface area contributed by atoms with Gasteiger partial charge in [-0.1, -0.05) is 12.1 Å². The van der Waals surface area contributed by atoms with Crippen molar-refractivity contribution in [1.29, 1.82) is 5.26 Å². The van der Waals surface area contributed by atoms with E-state index in [9.17, 15) is 4.79 Å². The number of hydroxylamine groups is 1. The summed E-state index contributed by atoms with van der Waals surface area (Å²) < 4.78 is 13.1. The molecule has 0 unspecified atom stereocenters. The first kappa shape index (κ1) is 21.2. The van der Waals surface area contributed by atoms with Gasteiger partial charge in [0.1, 0.15) is 24.1 Å². The molecule has 1 aromatic carbocycles. The summed E-state index contributed by atoms with van der Waals surface area (Å²) in [6, 6.07) is 8.83. The molecule has 1 atom stereocenters. The number of nitrogens with one attached hydrogen (secondary N) is 1. The average Bonchev–Trinajstić information content (AvgIpc) is 3.45. The fourth-order valence-corrected chi connectivity index (χ4v) is 3.13. The predicted molar refractivity (Wildman–Crippen MR) is 112 cm³/mol. The number of ether oxygens (including phenoxy) is 2. The zero-order valence-corrected chi connectivity index (χ0v) is 17.3. The molecule has 3 aromatic rings. The van der Waals surface area contributed by atoms with E-state index in [1.54, 1.807) is 41.4 Å². The first-order chi connectivity index (χ1) is 15.5. The van der Waals surface area contributed by atoms with Crippen molar-refractivity contribution in [3.8, 4) is 23.3 Å². The van der Waals surface area contributed by atoms with Crippen LogP contribution in [0.4, 0.5) is 5.82 Å². The number of benzene rings is 1. The SMILES string of the molecule is Cn1cncc1CONC(=O)c1c(N)nc(-c2cccc(C#N)c2)nc1O[C@H]1CCOC1. The maximum absolute atomic E-state index is 12.8. The second kappa shape index (κ2) is 9.42. The molecule has 2 aromatic heterocycles. The smallest absolute Gasteiger partial charge is 0.284 e. The Hall–Kier alpha value is -4.01. The molecule has 1 fully saturated rings. The number of imidazole rings is 1. The van der Waals surface area contributed by atoms with Crippen molar-refractivity contribution >= 4 is 11.7 Å². The van der Waals surface area contributed by atoms with Gasteiger partial charge in [-0.15, -0.1) is 0 Å². The van der Waals surface area contributed by atoms with Crippen molar-refractivity contribution in [2.24, 2.45) is 7.05 Å². The van der Waals surface area contributed by atoms with Crippen LogP contribution >= 0.6 is 0 Å². The molecule has 0 radical (unpaired) electrons. The lowest BCUT2D eigenvalue weighted by molar-refractivity contribution is 0.0210. The number of hydrogen-bond acceptors (Lipinski definition) is 9. The summed E-state index contributed by atoms with van der Waals surface area (Å²) in [6.45, 7) is 1.04. The Morgan fingerprint density at radius 2 is 2.31 bits per heavy atom. The van der Waals surface area contributed by atoms with E-state index in [-0.39, 0.29) is 35.8 Å². The van der Waals surface area contributed by atoms with Crippen LogP contribution in [-0.4, -0.2) is 44.7 Å². The Labute approximate surface area is 183 Å². The number of nitriles is 1. The second-order valence-electron chi connectivity index (χ2n) is 7.12. The maximum Gasteiger partial charge on any atom is 0.284 e. The van der Waals surface area contributed by atoms with E-state index in [1.165, 1.54) is 0 Å². The van der Waals surface area contributed by atoms with Crippen LogP contribution in [-0.2, 0) is 23.2 Å². The van der Waals surface area contributed by atoms with E-state index < -0.39 is 5.91 Å². The van der Waals surface area contributed by atoms with Crippen LogP contribution in [0.25, 0.3) is 11.4 Å². The quantitative estimate of drug-likeness (QED) is 0.524. The number of carbonyl (C=O) groups excluding carboxylic acids is 1. The van der Waals surface area contributed by atoms with Crippen molar-refractivity contribution in [3.05, 3.63) is 53.6 Å². The van der Waals surface area contributed by atoms with Gasteiger partial charge in [0.2, 0.25) is 5.88 Å². The first-order valence-electron chi connectivity index (χ1n) is 9.85. The molecule has 164 valence electrons. The minimum Gasteiger partial charge on any atom is -0.471 e. The Kier molecular flexibility index (Phi) is 6.25. The monoisotopic (exact) mass is 435 g/mol. The van der Waals surface area contributed by atoms with E-state index in [0.29, 0.717) is 30.8 Å². The molecule has 3 N–H and O–H groups in total. The number of aromatic nitrogens is 4. The Balaban J connectivity index is 1.61. The summed E-state index contributed by atoms with van der Waals surface area (Å²) in [5.74, 6) is -0.461. The number of nitrogens with zero attached hydrogens (tertiary/aromatic N) is 5. The van der Waals surface area contributed by atoms with Crippen molar-refractivity contribution < 1.29 is 19.1 Å². The molecular formula is C21H21N7O4. The van der Waals surface area contributed by atoms with E-state index >= 15 is 0 Å². The molecule has 0 aliphatic carbocycles. The summed E-state index contributed by atoms with van der Waals surface area (Å²) in [6.07, 6.45) is 3.63. The summed E-state index contributed by atoms with van der Waals surface area (Å²) in [7, 11) is 1.81. The molecule has 32 heavy (non-hydrogen) atoms. The molecule has 11 heteroatoms. The third kappa shape index (κ3) is 4.66. The van der Waals surface area contributed by atoms with Crippen molar-refractivity contribution in [2.75, 3.05) is 18.9 Å². The molecule has 4 rings (SSSR count). The largest absolute Gasteiger partial charge is 0.471 e. The fourth-order valence-electron chi connectivity index (χ4n) is 3.13. The van der Waals surface area contributed by atoms with Gasteiger partial charge >= 0.3 is 0 Å². The van der Waals surface area contributed by atoms with Crippen LogP contribution in [0.3, 0.4) is 0 Å². The number of nitrogens with two attached hydrogens (primary N) is 1. The number of anilines is 1. The van der Waals surface area contributed by atoms with Crippen LogP contribution in [0, 0.1) is 11.3 Å². The molecule has 0 bridgehead atoms. The van der Waals surface area contributed by atoms with Gasteiger partial charge in [0.25, 0.3) is 5.91 Å². The van der Waals surface area contributed by atoms with Gasteiger partial charge < -0.3 is 19.8 Å². The van der Waals surface area contributed by atoms with Crippen LogP contribution in [0.15, 0.2) is 36.8 Å². The molecule has 1 aliphatic heterocycles. The number of carbonyl (C=O) groups is 1. The highest BCUT2D eigenvalue weighted by molar-refractivity contribution is 6.00. The van der Waals surface area contributed by atoms with Crippen LogP contribution < -0.4 is 16.0 Å². The van der Waals surface area contributed by atoms with Gasteiger partial charge in [0.05, 0.1) is 43.1 Å². The summed E-state index contributed by atoms with van der Waals surface area (Å²) in [5.41, 5.74) is 10.2. The molecule has 1 amide bonds. The van der Waals surface area contributed by atoms with Gasteiger partial charge in [-0.25, -0.2) is 15.4 Å². The van der Waals surface area contributed by atoms with E-state index in [4.69, 9.17) is 25.3 Å². The molecular weight excluding hydrogens is 414 g/mol. The zero-order valence-electron chi connectivity index (χ0n) is 17.3. The van der Waals surface area contributed by atoms with Crippen molar-refractivity contribution in [1.82, 2.24) is 25.0 Å². The van der Waals surface area contributed by atoms with E-state index in [2.05, 4.69) is 26.5 Å². The molecule has 0 spiro atoms. The van der Waals surface area contributed by atoms with E-state index in [0.717, 1.165) is 5.69 Å². The standard InChI is InChI=1S/C21H21N7O4/c1-28-12-24-9-15(28)10-31-27-20(29)17-18(23)25-19(14-4-2-3-13(7-14)8-22)26-21(17)32-16-5-6-30-11-16/h2-4,7,9,12,16H,5-6,10-11H2,1H3,(H,27,29)(H2,23,25,26)/t16-/m0/s1. The maximum atomic E-state index is 12.8. The zero-order chi connectivity index (χ0) is 22.5. The van der Waals surface area contributed by atoms with Gasteiger partial charge in [-0.3, -0.25) is 9.63 Å². The van der Waals surface area contributed by atoms with Crippen LogP contribution in [0.1, 0.15) is 28.0 Å². The Bertz CT molecular complexity index is 1170. The summed E-state index contributed by atoms with van der Waals surface area (Å²) >= 11 is 0. The van der Waals surface area contributed by atoms with Crippen LogP contribution in [0.2, 0.25) is 0 Å². The molecule has 3 heterocycles. The third-order valence-corrected chi connectivity index (χ3v) is 4.85. The summed E-state index contributed by atoms with van der Waals surface area (Å²) in [4.78, 5) is 30.8. The lowest BCUT2D eigenvalue weighted by Gasteiger charge is -2.16. The first-order valence-corrected chi connectivity index (χ1v) is 9.85. The van der Waals surface area contributed by atoms with Crippen molar-refractivity contribution in [2.45, 2.75) is 19.1 Å². The molecule has 1 saturated heterocycles. The van der Waals surface area contributed by atoms with E-state index in [1.807, 2.05) is 7.05 Å². The number of hydrogen-bond donors (Lipinski definition) is 2. The van der Waals surface area contributed by atoms with Gasteiger partial charge in [0.15, 0.2) is 5.82 Å². The molecule has 11 nitrogen and oxygen atoms in total. The topological polar surface area (TPSA) is 150 Å². The minimum absolute atomic E-state index is 0.0204. The lowest BCUT2D eigenvalue weighted by Crippen LogP contribution is -2.28. The predicted octanol–water partition coefficient (Wildman–Crippen LogP) is 1.36.